The van der Waals surface area contributed by atoms with Gasteiger partial charge >= 0.3 is 0 Å². The topological polar surface area (TPSA) is 62.9 Å². The van der Waals surface area contributed by atoms with E-state index < -0.39 is 0 Å². The van der Waals surface area contributed by atoms with Gasteiger partial charge in [0.25, 0.3) is 0 Å². The predicted molar refractivity (Wildman–Crippen MR) is 121 cm³/mol. The molecule has 1 fully saturated rings. The number of nitrogens with one attached hydrogen (secondary N) is 2. The first-order valence-corrected chi connectivity index (χ1v) is 11.3. The zero-order valence-corrected chi connectivity index (χ0v) is 21.7. The Bertz CT molecular complexity index is 980. The van der Waals surface area contributed by atoms with Crippen LogP contribution in [0.25, 0.3) is 0 Å². The smallest absolute Gasteiger partial charge is 0.203 e. The summed E-state index contributed by atoms with van der Waals surface area (Å²) in [4.78, 5) is 16.4. The molecule has 0 aromatic heterocycles. The number of ether oxygens (including phenoxy) is 4. The van der Waals surface area contributed by atoms with Crippen molar-refractivity contribution in [3.8, 4) is 23.0 Å². The van der Waals surface area contributed by atoms with Crippen LogP contribution >= 0.6 is 0 Å². The largest absolute Gasteiger partial charge is 1.00 e. The molecule has 1 unspecified atom stereocenters. The van der Waals surface area contributed by atoms with Gasteiger partial charge in [0.15, 0.2) is 28.7 Å². The lowest BCUT2D eigenvalue weighted by Gasteiger charge is -2.33. The minimum absolute atomic E-state index is 0. The van der Waals surface area contributed by atoms with Crippen molar-refractivity contribution < 1.29 is 58.4 Å². The molecule has 2 N–H and O–H groups in total. The number of quaternary nitrogens is 2. The fourth-order valence-electron chi connectivity index (χ4n) is 5.21. The molecule has 1 aliphatic heterocycles. The zero-order valence-electron chi connectivity index (χ0n) is 20.2. The summed E-state index contributed by atoms with van der Waals surface area (Å²) >= 11 is 0. The summed E-state index contributed by atoms with van der Waals surface area (Å²) in [6.07, 6.45) is 1.64. The van der Waals surface area contributed by atoms with E-state index in [-0.39, 0.29) is 36.5 Å². The van der Waals surface area contributed by atoms with Crippen molar-refractivity contribution in [2.45, 2.75) is 12.8 Å². The molecule has 188 valence electrons. The van der Waals surface area contributed by atoms with Crippen LogP contribution in [0.1, 0.15) is 22.3 Å². The number of hydrogen-bond donors (Lipinski definition) is 2. The quantitative estimate of drug-likeness (QED) is 0.387. The molecule has 0 radical (unpaired) electrons. The number of halogens is 2. The Morgan fingerprint density at radius 3 is 2.12 bits per heavy atom. The average molecular weight is 513 g/mol. The Morgan fingerprint density at radius 1 is 0.853 bits per heavy atom. The molecule has 0 saturated carbocycles. The Morgan fingerprint density at radius 2 is 1.50 bits per heavy atom. The summed E-state index contributed by atoms with van der Waals surface area (Å²) in [6.45, 7) is 5.02. The van der Waals surface area contributed by atoms with Crippen molar-refractivity contribution in [2.75, 3.05) is 61.2 Å². The maximum absolute atomic E-state index is 13.4. The van der Waals surface area contributed by atoms with Gasteiger partial charge in [-0.1, -0.05) is 12.1 Å². The molecule has 34 heavy (non-hydrogen) atoms. The van der Waals surface area contributed by atoms with Crippen LogP contribution in [0, 0.1) is 5.92 Å². The third-order valence-corrected chi connectivity index (χ3v) is 6.90. The maximum atomic E-state index is 13.4. The van der Waals surface area contributed by atoms with Gasteiger partial charge < -0.3 is 48.7 Å². The lowest BCUT2D eigenvalue weighted by Crippen LogP contribution is -3.26. The average Bonchev–Trinajstić information content (AvgIpc) is 2.85. The monoisotopic (exact) mass is 512 g/mol. The summed E-state index contributed by atoms with van der Waals surface area (Å²) in [7, 11) is 6.52. The van der Waals surface area contributed by atoms with Crippen molar-refractivity contribution >= 4 is 11.5 Å². The third-order valence-electron chi connectivity index (χ3n) is 6.90. The van der Waals surface area contributed by atoms with E-state index in [1.165, 1.54) is 15.5 Å². The van der Waals surface area contributed by atoms with Crippen molar-refractivity contribution in [1.82, 2.24) is 0 Å². The SMILES string of the molecule is COc1ccccc1[NH+]1CC[NH+](CC2CCc3c(cc(OC)c(OC)c3OC)C2=O)CC1.[Cl-].[Cl-]. The Hall–Kier alpha value is -2.19. The van der Waals surface area contributed by atoms with Gasteiger partial charge in [0.05, 0.1) is 40.9 Å². The number of carbonyl (C=O) groups is 1. The zero-order chi connectivity index (χ0) is 22.7. The van der Waals surface area contributed by atoms with Gasteiger partial charge in [0.1, 0.15) is 26.2 Å². The van der Waals surface area contributed by atoms with Crippen molar-refractivity contribution in [2.24, 2.45) is 5.92 Å². The molecule has 0 bridgehead atoms. The lowest BCUT2D eigenvalue weighted by molar-refractivity contribution is -0.987. The lowest BCUT2D eigenvalue weighted by atomic mass is 9.81. The fraction of sp³-hybridized carbons (Fsp3) is 0.480. The molecule has 2 aromatic rings. The number of rotatable bonds is 7. The predicted octanol–water partition coefficient (Wildman–Crippen LogP) is -5.41. The van der Waals surface area contributed by atoms with E-state index in [2.05, 4.69) is 12.1 Å². The second kappa shape index (κ2) is 12.5. The van der Waals surface area contributed by atoms with Gasteiger partial charge in [-0.15, -0.1) is 0 Å². The molecule has 1 heterocycles. The van der Waals surface area contributed by atoms with Crippen LogP contribution < -0.4 is 53.6 Å². The molecule has 9 heteroatoms. The standard InChI is InChI=1S/C25H32N2O5.2ClH/c1-29-21-8-6-5-7-20(21)27-13-11-26(12-14-27)16-17-9-10-18-19(23(17)28)15-22(30-2)25(32-4)24(18)31-3;;/h5-8,15,17H,9-14,16H2,1-4H3;2*1H. The highest BCUT2D eigenvalue weighted by molar-refractivity contribution is 6.02. The van der Waals surface area contributed by atoms with E-state index in [4.69, 9.17) is 18.9 Å². The molecule has 1 saturated heterocycles. The van der Waals surface area contributed by atoms with Crippen LogP contribution in [0.2, 0.25) is 0 Å². The van der Waals surface area contributed by atoms with Gasteiger partial charge in [-0.05, 0) is 25.0 Å². The van der Waals surface area contributed by atoms with Crippen molar-refractivity contribution in [3.05, 3.63) is 41.5 Å². The minimum Gasteiger partial charge on any atom is -1.00 e. The molecular weight excluding hydrogens is 479 g/mol. The van der Waals surface area contributed by atoms with Crippen LogP contribution in [-0.2, 0) is 6.42 Å². The van der Waals surface area contributed by atoms with E-state index in [1.54, 1.807) is 28.4 Å². The fourth-order valence-corrected chi connectivity index (χ4v) is 5.21. The number of methoxy groups -OCH3 is 4. The molecule has 1 atom stereocenters. The molecule has 0 spiro atoms. The van der Waals surface area contributed by atoms with Gasteiger partial charge in [0.2, 0.25) is 5.75 Å². The van der Waals surface area contributed by atoms with Gasteiger partial charge in [-0.3, -0.25) is 9.69 Å². The number of benzene rings is 2. The van der Waals surface area contributed by atoms with Crippen molar-refractivity contribution in [3.63, 3.8) is 0 Å². The molecule has 1 aliphatic carbocycles. The molecule has 2 aromatic carbocycles. The van der Waals surface area contributed by atoms with E-state index in [9.17, 15) is 4.79 Å². The van der Waals surface area contributed by atoms with Gasteiger partial charge in [0, 0.05) is 17.2 Å². The number of ketones is 1. The Balaban J connectivity index is 0.00000204. The molecule has 0 amide bonds. The van der Waals surface area contributed by atoms with E-state index in [0.717, 1.165) is 56.9 Å². The van der Waals surface area contributed by atoms with Crippen LogP contribution in [0.5, 0.6) is 23.0 Å². The number of para-hydroxylation sites is 2. The van der Waals surface area contributed by atoms with Gasteiger partial charge in [-0.2, -0.15) is 0 Å². The minimum atomic E-state index is 0. The third kappa shape index (κ3) is 5.38. The van der Waals surface area contributed by atoms with E-state index >= 15 is 0 Å². The molecular formula is C25H34Cl2N2O5. The highest BCUT2D eigenvalue weighted by atomic mass is 35.5. The van der Waals surface area contributed by atoms with Crippen LogP contribution in [0.4, 0.5) is 5.69 Å². The summed E-state index contributed by atoms with van der Waals surface area (Å²) < 4.78 is 22.1. The number of piperazine rings is 1. The second-order valence-corrected chi connectivity index (χ2v) is 8.53. The normalized spacial score (nSPS) is 21.4. The Kier molecular flexibility index (Phi) is 10.3. The van der Waals surface area contributed by atoms with E-state index in [0.29, 0.717) is 22.8 Å². The molecule has 4 rings (SSSR count). The number of fused-ring (bicyclic) bond motifs is 1. The molecule has 7 nitrogen and oxygen atoms in total. The van der Waals surface area contributed by atoms with E-state index in [1.807, 2.05) is 18.2 Å². The van der Waals surface area contributed by atoms with Crippen molar-refractivity contribution in [1.29, 1.82) is 0 Å². The maximum Gasteiger partial charge on any atom is 0.203 e. The van der Waals surface area contributed by atoms with Crippen LogP contribution in [-0.4, -0.2) is 66.9 Å². The summed E-state index contributed by atoms with van der Waals surface area (Å²) in [5.41, 5.74) is 2.88. The number of Topliss-reactive ketones (excluding diaryl/α,β-unsaturated/α-hetero) is 1. The highest BCUT2D eigenvalue weighted by Crippen LogP contribution is 2.45. The van der Waals surface area contributed by atoms with Crippen LogP contribution in [0.15, 0.2) is 30.3 Å². The highest BCUT2D eigenvalue weighted by Gasteiger charge is 2.36. The summed E-state index contributed by atoms with van der Waals surface area (Å²) in [5, 5.41) is 0. The second-order valence-electron chi connectivity index (χ2n) is 8.53. The first kappa shape index (κ1) is 28.1. The number of carbonyl (C=O) groups excluding carboxylic acids is 1. The summed E-state index contributed by atoms with van der Waals surface area (Å²) in [6, 6.07) is 10.1. The first-order chi connectivity index (χ1) is 15.6. The Labute approximate surface area is 214 Å². The summed E-state index contributed by atoms with van der Waals surface area (Å²) in [5.74, 6) is 2.88. The van der Waals surface area contributed by atoms with Gasteiger partial charge in [-0.25, -0.2) is 0 Å². The first-order valence-electron chi connectivity index (χ1n) is 11.3. The molecule has 2 aliphatic rings. The number of hydrogen-bond acceptors (Lipinski definition) is 5. The van der Waals surface area contributed by atoms with Crippen LogP contribution in [0.3, 0.4) is 0 Å².